The van der Waals surface area contributed by atoms with Crippen molar-refractivity contribution < 1.29 is 0 Å². The number of nitrogens with zero attached hydrogens (tertiary/aromatic N) is 1. The Balaban J connectivity index is 1.88. The molecule has 1 aromatic heterocycles. The second-order valence-corrected chi connectivity index (χ2v) is 5.89. The van der Waals surface area contributed by atoms with Crippen LogP contribution in [-0.4, -0.2) is 6.54 Å². The van der Waals surface area contributed by atoms with E-state index in [2.05, 4.69) is 31.3 Å². The number of rotatable bonds is 5. The zero-order valence-electron chi connectivity index (χ0n) is 9.92. The molecule has 1 fully saturated rings. The molecule has 1 saturated carbocycles. The SMILES string of the molecule is CCC1(CNC(C)c2ccc(C#N)s2)CC1. The van der Waals surface area contributed by atoms with E-state index in [9.17, 15) is 0 Å². The zero-order chi connectivity index (χ0) is 11.6. The Morgan fingerprint density at radius 1 is 1.56 bits per heavy atom. The first kappa shape index (κ1) is 11.6. The largest absolute Gasteiger partial charge is 0.309 e. The monoisotopic (exact) mass is 234 g/mol. The average molecular weight is 234 g/mol. The minimum atomic E-state index is 0.371. The molecule has 0 aromatic carbocycles. The van der Waals surface area contributed by atoms with Gasteiger partial charge in [-0.05, 0) is 43.7 Å². The highest BCUT2D eigenvalue weighted by atomic mass is 32.1. The Morgan fingerprint density at radius 2 is 2.31 bits per heavy atom. The summed E-state index contributed by atoms with van der Waals surface area (Å²) < 4.78 is 0. The molecule has 1 N–H and O–H groups in total. The van der Waals surface area contributed by atoms with Crippen molar-refractivity contribution in [2.75, 3.05) is 6.54 Å². The van der Waals surface area contributed by atoms with Crippen molar-refractivity contribution in [2.45, 2.75) is 39.2 Å². The minimum absolute atomic E-state index is 0.371. The van der Waals surface area contributed by atoms with Crippen LogP contribution in [0.4, 0.5) is 0 Å². The molecule has 3 heteroatoms. The van der Waals surface area contributed by atoms with Crippen LogP contribution in [0, 0.1) is 16.7 Å². The van der Waals surface area contributed by atoms with Crippen molar-refractivity contribution in [1.82, 2.24) is 5.32 Å². The Labute approximate surface area is 101 Å². The first-order chi connectivity index (χ1) is 7.69. The van der Waals surface area contributed by atoms with E-state index in [1.807, 2.05) is 6.07 Å². The van der Waals surface area contributed by atoms with Crippen molar-refractivity contribution in [1.29, 1.82) is 5.26 Å². The van der Waals surface area contributed by atoms with E-state index in [0.717, 1.165) is 11.4 Å². The molecule has 1 atom stereocenters. The molecule has 1 aliphatic carbocycles. The first-order valence-electron chi connectivity index (χ1n) is 5.92. The lowest BCUT2D eigenvalue weighted by Crippen LogP contribution is -2.25. The molecule has 1 aliphatic rings. The van der Waals surface area contributed by atoms with Crippen LogP contribution in [0.5, 0.6) is 0 Å². The molecule has 1 aromatic rings. The number of nitrogens with one attached hydrogen (secondary N) is 1. The van der Waals surface area contributed by atoms with Gasteiger partial charge in [0.05, 0.1) is 0 Å². The Bertz CT molecular complexity index is 398. The van der Waals surface area contributed by atoms with Gasteiger partial charge in [-0.15, -0.1) is 11.3 Å². The van der Waals surface area contributed by atoms with Crippen LogP contribution in [0.2, 0.25) is 0 Å². The number of thiophene rings is 1. The summed E-state index contributed by atoms with van der Waals surface area (Å²) in [6.07, 6.45) is 4.02. The fourth-order valence-corrected chi connectivity index (χ4v) is 2.78. The van der Waals surface area contributed by atoms with Crippen molar-refractivity contribution in [3.05, 3.63) is 21.9 Å². The average Bonchev–Trinajstić information content (AvgIpc) is 2.94. The maximum Gasteiger partial charge on any atom is 0.110 e. The fourth-order valence-electron chi connectivity index (χ4n) is 1.95. The van der Waals surface area contributed by atoms with Crippen LogP contribution < -0.4 is 5.32 Å². The van der Waals surface area contributed by atoms with Gasteiger partial charge < -0.3 is 5.32 Å². The minimum Gasteiger partial charge on any atom is -0.309 e. The zero-order valence-corrected chi connectivity index (χ0v) is 10.7. The van der Waals surface area contributed by atoms with Crippen molar-refractivity contribution in [3.63, 3.8) is 0 Å². The molecule has 0 bridgehead atoms. The lowest BCUT2D eigenvalue weighted by atomic mass is 10.0. The van der Waals surface area contributed by atoms with Gasteiger partial charge in [-0.3, -0.25) is 0 Å². The highest BCUT2D eigenvalue weighted by Gasteiger charge is 2.40. The normalized spacial score (nSPS) is 19.1. The molecule has 0 spiro atoms. The van der Waals surface area contributed by atoms with E-state index in [0.29, 0.717) is 11.5 Å². The molecule has 2 nitrogen and oxygen atoms in total. The first-order valence-corrected chi connectivity index (χ1v) is 6.74. The van der Waals surface area contributed by atoms with Crippen LogP contribution in [0.15, 0.2) is 12.1 Å². The van der Waals surface area contributed by atoms with E-state index >= 15 is 0 Å². The summed E-state index contributed by atoms with van der Waals surface area (Å²) in [7, 11) is 0. The number of hydrogen-bond acceptors (Lipinski definition) is 3. The smallest absolute Gasteiger partial charge is 0.110 e. The van der Waals surface area contributed by atoms with Gasteiger partial charge in [-0.2, -0.15) is 5.26 Å². The van der Waals surface area contributed by atoms with Gasteiger partial charge in [0, 0.05) is 17.5 Å². The molecular formula is C13H18N2S. The second kappa shape index (κ2) is 4.57. The van der Waals surface area contributed by atoms with Crippen LogP contribution in [0.1, 0.15) is 48.9 Å². The summed E-state index contributed by atoms with van der Waals surface area (Å²) in [6.45, 7) is 5.57. The highest BCUT2D eigenvalue weighted by Crippen LogP contribution is 2.48. The van der Waals surface area contributed by atoms with Gasteiger partial charge in [0.25, 0.3) is 0 Å². The maximum absolute atomic E-state index is 8.78. The molecule has 0 aliphatic heterocycles. The summed E-state index contributed by atoms with van der Waals surface area (Å²) in [5.41, 5.74) is 0.587. The molecule has 86 valence electrons. The van der Waals surface area contributed by atoms with E-state index in [1.54, 1.807) is 11.3 Å². The standard InChI is InChI=1S/C13H18N2S/c1-3-13(6-7-13)9-15-10(2)12-5-4-11(8-14)16-12/h4-5,10,15H,3,6-7,9H2,1-2H3. The molecule has 1 heterocycles. The molecular weight excluding hydrogens is 216 g/mol. The lowest BCUT2D eigenvalue weighted by molar-refractivity contribution is 0.417. The van der Waals surface area contributed by atoms with E-state index in [-0.39, 0.29) is 0 Å². The molecule has 16 heavy (non-hydrogen) atoms. The third-order valence-electron chi connectivity index (χ3n) is 3.65. The maximum atomic E-state index is 8.78. The summed E-state index contributed by atoms with van der Waals surface area (Å²) in [6, 6.07) is 6.53. The predicted octanol–water partition coefficient (Wildman–Crippen LogP) is 3.46. The van der Waals surface area contributed by atoms with Gasteiger partial charge in [0.15, 0.2) is 0 Å². The van der Waals surface area contributed by atoms with Crippen LogP contribution in [-0.2, 0) is 0 Å². The summed E-state index contributed by atoms with van der Waals surface area (Å²) in [5.74, 6) is 0. The topological polar surface area (TPSA) is 35.8 Å². The van der Waals surface area contributed by atoms with Crippen LogP contribution in [0.25, 0.3) is 0 Å². The highest BCUT2D eigenvalue weighted by molar-refractivity contribution is 7.12. The van der Waals surface area contributed by atoms with Gasteiger partial charge in [0.2, 0.25) is 0 Å². The molecule has 0 radical (unpaired) electrons. The second-order valence-electron chi connectivity index (χ2n) is 4.77. The Hall–Kier alpha value is -0.850. The van der Waals surface area contributed by atoms with Crippen LogP contribution in [0.3, 0.4) is 0 Å². The summed E-state index contributed by atoms with van der Waals surface area (Å²) >= 11 is 1.60. The van der Waals surface area contributed by atoms with Gasteiger partial charge in [0.1, 0.15) is 10.9 Å². The Morgan fingerprint density at radius 3 is 2.81 bits per heavy atom. The third-order valence-corrected chi connectivity index (χ3v) is 4.83. The van der Waals surface area contributed by atoms with E-state index < -0.39 is 0 Å². The van der Waals surface area contributed by atoms with Crippen molar-refractivity contribution in [3.8, 4) is 6.07 Å². The Kier molecular flexibility index (Phi) is 3.32. The van der Waals surface area contributed by atoms with Gasteiger partial charge in [-0.1, -0.05) is 6.92 Å². The van der Waals surface area contributed by atoms with Crippen molar-refractivity contribution >= 4 is 11.3 Å². The summed E-state index contributed by atoms with van der Waals surface area (Å²) in [4.78, 5) is 2.07. The third kappa shape index (κ3) is 2.45. The van der Waals surface area contributed by atoms with Crippen LogP contribution >= 0.6 is 11.3 Å². The number of hydrogen-bond donors (Lipinski definition) is 1. The summed E-state index contributed by atoms with van der Waals surface area (Å²) in [5, 5.41) is 12.4. The molecule has 0 amide bonds. The molecule has 0 saturated heterocycles. The molecule has 1 unspecified atom stereocenters. The molecule has 2 rings (SSSR count). The van der Waals surface area contributed by atoms with Gasteiger partial charge >= 0.3 is 0 Å². The van der Waals surface area contributed by atoms with E-state index in [1.165, 1.54) is 24.1 Å². The van der Waals surface area contributed by atoms with E-state index in [4.69, 9.17) is 5.26 Å². The quantitative estimate of drug-likeness (QED) is 0.847. The lowest BCUT2D eigenvalue weighted by Gasteiger charge is -2.17. The predicted molar refractivity (Wildman–Crippen MR) is 67.4 cm³/mol. The fraction of sp³-hybridized carbons (Fsp3) is 0.615. The van der Waals surface area contributed by atoms with Gasteiger partial charge in [-0.25, -0.2) is 0 Å². The van der Waals surface area contributed by atoms with Crippen molar-refractivity contribution in [2.24, 2.45) is 5.41 Å². The number of nitriles is 1.